The molecule has 7 heteroatoms. The van der Waals surface area contributed by atoms with Crippen molar-refractivity contribution in [3.05, 3.63) is 46.7 Å². The van der Waals surface area contributed by atoms with E-state index in [-0.39, 0.29) is 11.5 Å². The molecule has 0 N–H and O–H groups in total. The van der Waals surface area contributed by atoms with Crippen molar-refractivity contribution in [3.63, 3.8) is 0 Å². The summed E-state index contributed by atoms with van der Waals surface area (Å²) >= 11 is 0. The lowest BCUT2D eigenvalue weighted by Crippen LogP contribution is -2.48. The van der Waals surface area contributed by atoms with Crippen LogP contribution in [0.5, 0.6) is 0 Å². The monoisotopic (exact) mass is 355 g/mol. The third-order valence-electron chi connectivity index (χ3n) is 4.60. The number of allylic oxidation sites excluding steroid dienone is 1. The van der Waals surface area contributed by atoms with E-state index in [9.17, 15) is 9.59 Å². The third kappa shape index (κ3) is 4.35. The smallest absolute Gasteiger partial charge is 0.252 e. The van der Waals surface area contributed by atoms with Gasteiger partial charge in [0.25, 0.3) is 5.56 Å². The first-order chi connectivity index (χ1) is 12.5. The van der Waals surface area contributed by atoms with Gasteiger partial charge in [0.05, 0.1) is 0 Å². The van der Waals surface area contributed by atoms with E-state index in [0.29, 0.717) is 12.2 Å². The maximum Gasteiger partial charge on any atom is 0.252 e. The van der Waals surface area contributed by atoms with E-state index in [1.165, 1.54) is 6.33 Å². The number of aryl methyl sites for hydroxylation is 1. The van der Waals surface area contributed by atoms with Crippen molar-refractivity contribution in [2.75, 3.05) is 32.7 Å². The topological polar surface area (TPSA) is 71.3 Å². The Kier molecular flexibility index (Phi) is 5.78. The second-order valence-electron chi connectivity index (χ2n) is 6.87. The van der Waals surface area contributed by atoms with Crippen LogP contribution < -0.4 is 5.56 Å². The van der Waals surface area contributed by atoms with E-state index in [1.807, 2.05) is 18.7 Å². The number of hydrogen-bond donors (Lipinski definition) is 0. The van der Waals surface area contributed by atoms with Crippen LogP contribution in [-0.4, -0.2) is 63.0 Å². The van der Waals surface area contributed by atoms with Crippen molar-refractivity contribution >= 4 is 16.9 Å². The van der Waals surface area contributed by atoms with Crippen molar-refractivity contribution in [1.82, 2.24) is 24.3 Å². The fourth-order valence-corrected chi connectivity index (χ4v) is 3.23. The molecule has 0 unspecified atom stereocenters. The summed E-state index contributed by atoms with van der Waals surface area (Å²) in [5.41, 5.74) is 1.68. The van der Waals surface area contributed by atoms with Gasteiger partial charge in [0.1, 0.15) is 12.0 Å². The lowest BCUT2D eigenvalue weighted by molar-refractivity contribution is -0.127. The Morgan fingerprint density at radius 3 is 2.65 bits per heavy atom. The minimum Gasteiger partial charge on any atom is -0.337 e. The van der Waals surface area contributed by atoms with E-state index in [0.717, 1.165) is 50.1 Å². The third-order valence-corrected chi connectivity index (χ3v) is 4.60. The van der Waals surface area contributed by atoms with Gasteiger partial charge in [0.15, 0.2) is 0 Å². The normalized spacial score (nSPS) is 15.2. The van der Waals surface area contributed by atoms with Gasteiger partial charge in [-0.3, -0.25) is 19.1 Å². The molecule has 26 heavy (non-hydrogen) atoms. The predicted octanol–water partition coefficient (Wildman–Crippen LogP) is 1.29. The minimum atomic E-state index is -0.0339. The van der Waals surface area contributed by atoms with Crippen molar-refractivity contribution < 1.29 is 4.79 Å². The summed E-state index contributed by atoms with van der Waals surface area (Å²) in [7, 11) is 0. The molecule has 0 aromatic carbocycles. The van der Waals surface area contributed by atoms with Crippen LogP contribution in [-0.2, 0) is 11.3 Å². The zero-order valence-electron chi connectivity index (χ0n) is 15.4. The van der Waals surface area contributed by atoms with Gasteiger partial charge in [-0.25, -0.2) is 9.97 Å². The molecule has 7 nitrogen and oxygen atoms in total. The fraction of sp³-hybridized carbons (Fsp3) is 0.474. The van der Waals surface area contributed by atoms with Crippen LogP contribution in [0.25, 0.3) is 11.0 Å². The summed E-state index contributed by atoms with van der Waals surface area (Å²) in [5.74, 6) is 0.103. The van der Waals surface area contributed by atoms with Gasteiger partial charge in [-0.05, 0) is 32.9 Å². The van der Waals surface area contributed by atoms with Crippen LogP contribution in [0, 0.1) is 0 Å². The van der Waals surface area contributed by atoms with Crippen molar-refractivity contribution in [2.24, 2.45) is 0 Å². The van der Waals surface area contributed by atoms with Gasteiger partial charge >= 0.3 is 0 Å². The molecule has 0 spiro atoms. The molecule has 0 aliphatic carbocycles. The minimum absolute atomic E-state index is 0.0339. The van der Waals surface area contributed by atoms with Gasteiger partial charge in [-0.2, -0.15) is 0 Å². The number of fused-ring (bicyclic) bond motifs is 1. The summed E-state index contributed by atoms with van der Waals surface area (Å²) in [6.07, 6.45) is 5.76. The molecule has 1 fully saturated rings. The quantitative estimate of drug-likeness (QED) is 0.756. The number of pyridine rings is 1. The van der Waals surface area contributed by atoms with Crippen molar-refractivity contribution in [3.8, 4) is 0 Å². The Labute approximate surface area is 153 Å². The number of rotatable bonds is 5. The number of hydrogen-bond acceptors (Lipinski definition) is 5. The van der Waals surface area contributed by atoms with Crippen LogP contribution in [0.15, 0.2) is 41.1 Å². The number of carbonyl (C=O) groups excluding carboxylic acids is 1. The van der Waals surface area contributed by atoms with Gasteiger partial charge < -0.3 is 4.90 Å². The molecule has 2 aromatic heterocycles. The molecule has 2 aromatic rings. The van der Waals surface area contributed by atoms with Crippen LogP contribution in [0.1, 0.15) is 20.3 Å². The Hall–Kier alpha value is -2.54. The first-order valence-corrected chi connectivity index (χ1v) is 9.00. The Bertz CT molecular complexity index is 862. The molecular formula is C19H25N5O2. The molecule has 0 bridgehead atoms. The zero-order chi connectivity index (χ0) is 18.5. The first-order valence-electron chi connectivity index (χ1n) is 9.00. The van der Waals surface area contributed by atoms with E-state index in [2.05, 4.69) is 14.9 Å². The molecule has 3 rings (SSSR count). The highest BCUT2D eigenvalue weighted by molar-refractivity contribution is 5.88. The highest BCUT2D eigenvalue weighted by Crippen LogP contribution is 2.08. The molecule has 0 radical (unpaired) electrons. The highest BCUT2D eigenvalue weighted by atomic mass is 16.2. The number of carbonyl (C=O) groups is 1. The van der Waals surface area contributed by atoms with Crippen molar-refractivity contribution in [1.29, 1.82) is 0 Å². The summed E-state index contributed by atoms with van der Waals surface area (Å²) < 4.78 is 1.71. The average Bonchev–Trinajstić information content (AvgIpc) is 2.63. The molecule has 1 aliphatic rings. The first kappa shape index (κ1) is 18.3. The molecular weight excluding hydrogens is 330 g/mol. The summed E-state index contributed by atoms with van der Waals surface area (Å²) in [6.45, 7) is 8.66. The van der Waals surface area contributed by atoms with Crippen molar-refractivity contribution in [2.45, 2.75) is 26.8 Å². The molecule has 0 atom stereocenters. The second kappa shape index (κ2) is 8.23. The van der Waals surface area contributed by atoms with E-state index in [4.69, 9.17) is 0 Å². The standard InChI is InChI=1S/C19H25N5O2/c1-15(2)12-18(26)23-10-8-22(9-11-23)6-3-7-24-17(25)5-4-16-13-20-14-21-19(16)24/h4-5,12-14H,3,6-11H2,1-2H3. The number of piperazine rings is 1. The second-order valence-corrected chi connectivity index (χ2v) is 6.87. The molecule has 138 valence electrons. The number of amides is 1. The van der Waals surface area contributed by atoms with E-state index >= 15 is 0 Å². The SMILES string of the molecule is CC(C)=CC(=O)N1CCN(CCCn2c(=O)ccc3cncnc32)CC1. The summed E-state index contributed by atoms with van der Waals surface area (Å²) in [4.78, 5) is 36.7. The lowest BCUT2D eigenvalue weighted by atomic mass is 10.2. The van der Waals surface area contributed by atoms with E-state index < -0.39 is 0 Å². The zero-order valence-corrected chi connectivity index (χ0v) is 15.4. The van der Waals surface area contributed by atoms with Crippen LogP contribution in [0.4, 0.5) is 0 Å². The van der Waals surface area contributed by atoms with Gasteiger partial charge in [-0.1, -0.05) is 5.57 Å². The molecule has 0 saturated carbocycles. The highest BCUT2D eigenvalue weighted by Gasteiger charge is 2.19. The molecule has 1 amide bonds. The van der Waals surface area contributed by atoms with Crippen LogP contribution >= 0.6 is 0 Å². The van der Waals surface area contributed by atoms with E-state index in [1.54, 1.807) is 29.0 Å². The molecule has 3 heterocycles. The average molecular weight is 355 g/mol. The Balaban J connectivity index is 1.53. The maximum absolute atomic E-state index is 12.2. The number of nitrogens with zero attached hydrogens (tertiary/aromatic N) is 5. The fourth-order valence-electron chi connectivity index (χ4n) is 3.23. The van der Waals surface area contributed by atoms with Gasteiger partial charge in [0.2, 0.25) is 5.91 Å². The molecule has 1 saturated heterocycles. The Morgan fingerprint density at radius 1 is 1.15 bits per heavy atom. The lowest BCUT2D eigenvalue weighted by Gasteiger charge is -2.34. The Morgan fingerprint density at radius 2 is 1.92 bits per heavy atom. The number of aromatic nitrogens is 3. The maximum atomic E-state index is 12.2. The summed E-state index contributed by atoms with van der Waals surface area (Å²) in [5, 5.41) is 0.874. The van der Waals surface area contributed by atoms with Gasteiger partial charge in [0, 0.05) is 56.4 Å². The van der Waals surface area contributed by atoms with Gasteiger partial charge in [-0.15, -0.1) is 0 Å². The van der Waals surface area contributed by atoms with Crippen LogP contribution in [0.2, 0.25) is 0 Å². The summed E-state index contributed by atoms with van der Waals surface area (Å²) in [6, 6.07) is 3.33. The van der Waals surface area contributed by atoms with Crippen LogP contribution in [0.3, 0.4) is 0 Å². The predicted molar refractivity (Wildman–Crippen MR) is 101 cm³/mol. The largest absolute Gasteiger partial charge is 0.337 e. The molecule has 1 aliphatic heterocycles.